The van der Waals surface area contributed by atoms with Crippen molar-refractivity contribution in [1.29, 1.82) is 0 Å². The van der Waals surface area contributed by atoms with Gasteiger partial charge in [-0.3, -0.25) is 9.69 Å². The molecule has 4 rings (SSSR count). The van der Waals surface area contributed by atoms with Crippen LogP contribution in [-0.2, 0) is 17.9 Å². The second kappa shape index (κ2) is 9.13. The first-order valence-corrected chi connectivity index (χ1v) is 10.3. The number of likely N-dealkylation sites (tertiary alicyclic amines) is 1. The Hall–Kier alpha value is -3.12. The van der Waals surface area contributed by atoms with E-state index in [0.717, 1.165) is 42.0 Å². The second-order valence-electron chi connectivity index (χ2n) is 7.77. The molecule has 3 aromatic rings. The van der Waals surface area contributed by atoms with E-state index in [1.54, 1.807) is 6.26 Å². The molecule has 0 spiro atoms. The third-order valence-electron chi connectivity index (χ3n) is 5.42. The lowest BCUT2D eigenvalue weighted by atomic mass is 10.0. The molecular weight excluding hydrogens is 380 g/mol. The molecular formula is C24H26N2O4. The van der Waals surface area contributed by atoms with Gasteiger partial charge >= 0.3 is 5.97 Å². The quantitative estimate of drug-likeness (QED) is 0.615. The molecule has 1 aliphatic rings. The van der Waals surface area contributed by atoms with Gasteiger partial charge in [0.2, 0.25) is 5.89 Å². The molecule has 1 atom stereocenters. The molecule has 0 saturated carbocycles. The molecule has 1 N–H and O–H groups in total. The third-order valence-corrected chi connectivity index (χ3v) is 5.42. The lowest BCUT2D eigenvalue weighted by Crippen LogP contribution is -2.43. The van der Waals surface area contributed by atoms with Gasteiger partial charge in [0.15, 0.2) is 0 Å². The Morgan fingerprint density at radius 3 is 2.87 bits per heavy atom. The van der Waals surface area contributed by atoms with Gasteiger partial charge in [-0.25, -0.2) is 4.98 Å². The average molecular weight is 406 g/mol. The van der Waals surface area contributed by atoms with Crippen molar-refractivity contribution in [1.82, 2.24) is 9.88 Å². The fraction of sp³-hybridized carbons (Fsp3) is 0.333. The van der Waals surface area contributed by atoms with Crippen LogP contribution in [0.2, 0.25) is 0 Å². The maximum absolute atomic E-state index is 11.5. The summed E-state index contributed by atoms with van der Waals surface area (Å²) >= 11 is 0. The zero-order chi connectivity index (χ0) is 20.9. The van der Waals surface area contributed by atoms with Crippen molar-refractivity contribution in [2.45, 2.75) is 45.4 Å². The van der Waals surface area contributed by atoms with E-state index in [9.17, 15) is 9.90 Å². The molecule has 1 saturated heterocycles. The molecule has 1 unspecified atom stereocenters. The first-order valence-electron chi connectivity index (χ1n) is 10.3. The number of benzene rings is 2. The van der Waals surface area contributed by atoms with Crippen molar-refractivity contribution in [3.8, 4) is 17.2 Å². The Bertz CT molecular complexity index is 996. The summed E-state index contributed by atoms with van der Waals surface area (Å²) in [5.74, 6) is 0.570. The van der Waals surface area contributed by atoms with Gasteiger partial charge in [0, 0.05) is 12.1 Å². The largest absolute Gasteiger partial charge is 0.487 e. The SMILES string of the molecule is Cc1ccc(-c2nc(COc3cccc(CN4CCCCC4C(=O)O)c3)co2)cc1. The van der Waals surface area contributed by atoms with Crippen LogP contribution in [0.1, 0.15) is 36.1 Å². The highest BCUT2D eigenvalue weighted by molar-refractivity contribution is 5.73. The fourth-order valence-corrected chi connectivity index (χ4v) is 3.79. The number of carboxylic acid groups (broad SMARTS) is 1. The topological polar surface area (TPSA) is 75.8 Å². The maximum atomic E-state index is 11.5. The molecule has 0 bridgehead atoms. The van der Waals surface area contributed by atoms with Crippen LogP contribution < -0.4 is 4.74 Å². The van der Waals surface area contributed by atoms with E-state index in [-0.39, 0.29) is 0 Å². The highest BCUT2D eigenvalue weighted by Crippen LogP contribution is 2.23. The molecule has 156 valence electrons. The summed E-state index contributed by atoms with van der Waals surface area (Å²) in [5, 5.41) is 9.47. The van der Waals surface area contributed by atoms with E-state index in [1.807, 2.05) is 60.4 Å². The number of carboxylic acids is 1. The van der Waals surface area contributed by atoms with Crippen LogP contribution in [0, 0.1) is 6.92 Å². The van der Waals surface area contributed by atoms with Crippen LogP contribution in [0.5, 0.6) is 5.75 Å². The second-order valence-corrected chi connectivity index (χ2v) is 7.77. The first kappa shape index (κ1) is 20.2. The number of aliphatic carboxylic acids is 1. The zero-order valence-corrected chi connectivity index (χ0v) is 17.1. The number of hydrogen-bond acceptors (Lipinski definition) is 5. The molecule has 2 aromatic carbocycles. The molecule has 30 heavy (non-hydrogen) atoms. The Morgan fingerprint density at radius 2 is 2.07 bits per heavy atom. The fourth-order valence-electron chi connectivity index (χ4n) is 3.79. The van der Waals surface area contributed by atoms with Gasteiger partial charge in [-0.1, -0.05) is 36.2 Å². The zero-order valence-electron chi connectivity index (χ0n) is 17.1. The number of aryl methyl sites for hydroxylation is 1. The van der Waals surface area contributed by atoms with Gasteiger partial charge in [-0.15, -0.1) is 0 Å². The van der Waals surface area contributed by atoms with Crippen LogP contribution >= 0.6 is 0 Å². The number of piperidine rings is 1. The van der Waals surface area contributed by atoms with Crippen molar-refractivity contribution in [3.63, 3.8) is 0 Å². The normalized spacial score (nSPS) is 17.0. The van der Waals surface area contributed by atoms with Crippen LogP contribution in [0.25, 0.3) is 11.5 Å². The summed E-state index contributed by atoms with van der Waals surface area (Å²) in [7, 11) is 0. The predicted octanol–water partition coefficient (Wildman–Crippen LogP) is 4.67. The number of nitrogens with zero attached hydrogens (tertiary/aromatic N) is 2. The summed E-state index contributed by atoms with van der Waals surface area (Å²) in [6.45, 7) is 3.76. The summed E-state index contributed by atoms with van der Waals surface area (Å²) in [4.78, 5) is 18.1. The average Bonchev–Trinajstić information content (AvgIpc) is 3.22. The van der Waals surface area contributed by atoms with Gasteiger partial charge in [0.25, 0.3) is 0 Å². The van der Waals surface area contributed by atoms with Crippen molar-refractivity contribution >= 4 is 5.97 Å². The Morgan fingerprint density at radius 1 is 1.23 bits per heavy atom. The lowest BCUT2D eigenvalue weighted by Gasteiger charge is -2.32. The number of oxazole rings is 1. The monoisotopic (exact) mass is 406 g/mol. The number of hydrogen-bond donors (Lipinski definition) is 1. The van der Waals surface area contributed by atoms with Gasteiger partial charge < -0.3 is 14.3 Å². The predicted molar refractivity (Wildman–Crippen MR) is 113 cm³/mol. The van der Waals surface area contributed by atoms with E-state index >= 15 is 0 Å². The minimum Gasteiger partial charge on any atom is -0.487 e. The van der Waals surface area contributed by atoms with Crippen molar-refractivity contribution in [3.05, 3.63) is 71.6 Å². The number of rotatable bonds is 7. The van der Waals surface area contributed by atoms with Crippen LogP contribution in [0.3, 0.4) is 0 Å². The highest BCUT2D eigenvalue weighted by atomic mass is 16.5. The number of ether oxygens (including phenoxy) is 1. The third kappa shape index (κ3) is 4.89. The molecule has 0 aliphatic carbocycles. The molecule has 6 heteroatoms. The molecule has 0 amide bonds. The molecule has 1 aliphatic heterocycles. The summed E-state index contributed by atoms with van der Waals surface area (Å²) in [6, 6.07) is 15.4. The summed E-state index contributed by atoms with van der Waals surface area (Å²) < 4.78 is 11.5. The van der Waals surface area contributed by atoms with E-state index in [1.165, 1.54) is 5.56 Å². The van der Waals surface area contributed by atoms with E-state index < -0.39 is 12.0 Å². The minimum atomic E-state index is -0.738. The minimum absolute atomic E-state index is 0.306. The van der Waals surface area contributed by atoms with Crippen molar-refractivity contribution < 1.29 is 19.1 Å². The van der Waals surface area contributed by atoms with Crippen molar-refractivity contribution in [2.75, 3.05) is 6.54 Å². The summed E-state index contributed by atoms with van der Waals surface area (Å²) in [6.07, 6.45) is 4.33. The lowest BCUT2D eigenvalue weighted by molar-refractivity contribution is -0.144. The smallest absolute Gasteiger partial charge is 0.320 e. The Labute approximate surface area is 176 Å². The number of carbonyl (C=O) groups is 1. The standard InChI is InChI=1S/C24H26N2O4/c1-17-8-10-19(11-9-17)23-25-20(16-30-23)15-29-21-6-4-5-18(13-21)14-26-12-3-2-7-22(26)24(27)28/h4-6,8-11,13,16,22H,2-3,7,12,14-15H2,1H3,(H,27,28). The molecule has 1 aromatic heterocycles. The first-order chi connectivity index (χ1) is 14.6. The van der Waals surface area contributed by atoms with Gasteiger partial charge in [-0.2, -0.15) is 0 Å². The van der Waals surface area contributed by atoms with E-state index in [0.29, 0.717) is 25.5 Å². The maximum Gasteiger partial charge on any atom is 0.320 e. The molecule has 0 radical (unpaired) electrons. The van der Waals surface area contributed by atoms with Crippen LogP contribution in [-0.4, -0.2) is 33.5 Å². The van der Waals surface area contributed by atoms with Crippen molar-refractivity contribution in [2.24, 2.45) is 0 Å². The molecule has 1 fully saturated rings. The highest BCUT2D eigenvalue weighted by Gasteiger charge is 2.28. The van der Waals surface area contributed by atoms with Crippen LogP contribution in [0.15, 0.2) is 59.2 Å². The number of aromatic nitrogens is 1. The van der Waals surface area contributed by atoms with E-state index in [2.05, 4.69) is 4.98 Å². The Balaban J connectivity index is 1.38. The molecule has 6 nitrogen and oxygen atoms in total. The van der Waals surface area contributed by atoms with Gasteiger partial charge in [-0.05, 0) is 56.1 Å². The van der Waals surface area contributed by atoms with Gasteiger partial charge in [0.05, 0.1) is 0 Å². The van der Waals surface area contributed by atoms with E-state index in [4.69, 9.17) is 9.15 Å². The Kier molecular flexibility index (Phi) is 6.14. The van der Waals surface area contributed by atoms with Crippen LogP contribution in [0.4, 0.5) is 0 Å². The van der Waals surface area contributed by atoms with Gasteiger partial charge in [0.1, 0.15) is 30.4 Å². The molecule has 2 heterocycles. The summed E-state index contributed by atoms with van der Waals surface area (Å²) in [5.41, 5.74) is 3.88.